The Kier molecular flexibility index (Phi) is 3.97. The molecular formula is C23H38. The Bertz CT molecular complexity index is 476. The Morgan fingerprint density at radius 3 is 2.52 bits per heavy atom. The van der Waals surface area contributed by atoms with E-state index in [4.69, 9.17) is 0 Å². The average molecular weight is 315 g/mol. The molecule has 0 aliphatic heterocycles. The van der Waals surface area contributed by atoms with Crippen molar-refractivity contribution in [1.82, 2.24) is 0 Å². The van der Waals surface area contributed by atoms with Gasteiger partial charge in [0.25, 0.3) is 0 Å². The summed E-state index contributed by atoms with van der Waals surface area (Å²) in [6, 6.07) is 0. The zero-order valence-corrected chi connectivity index (χ0v) is 16.0. The second kappa shape index (κ2) is 5.63. The molecule has 130 valence electrons. The molecule has 4 rings (SSSR count). The van der Waals surface area contributed by atoms with Crippen molar-refractivity contribution >= 4 is 0 Å². The van der Waals surface area contributed by atoms with Crippen molar-refractivity contribution in [3.05, 3.63) is 12.2 Å². The maximum atomic E-state index is 2.70. The standard InChI is InChI=1S/C23H38/c1-5-16(2)19-11-12-20-18-10-9-17-8-6-7-14-22(17,3)21(18)13-15-23(19,20)4/h6,8,16-21H,5,7,9-15H2,1-4H3/t16-,17?,18+,19-,20+,21+,22+,23-/m1/s1. The molecule has 0 saturated heterocycles. The number of fused-ring (bicyclic) bond motifs is 5. The quantitative estimate of drug-likeness (QED) is 0.488. The summed E-state index contributed by atoms with van der Waals surface area (Å²) in [4.78, 5) is 0. The van der Waals surface area contributed by atoms with Gasteiger partial charge in [0, 0.05) is 0 Å². The van der Waals surface area contributed by atoms with Crippen molar-refractivity contribution in [3.8, 4) is 0 Å². The smallest absolute Gasteiger partial charge is 0.0177 e. The maximum absolute atomic E-state index is 2.70. The van der Waals surface area contributed by atoms with E-state index < -0.39 is 0 Å². The van der Waals surface area contributed by atoms with E-state index in [1.165, 1.54) is 51.4 Å². The fraction of sp³-hybridized carbons (Fsp3) is 0.913. The molecule has 0 aromatic heterocycles. The summed E-state index contributed by atoms with van der Waals surface area (Å²) in [5.41, 5.74) is 1.30. The van der Waals surface area contributed by atoms with Crippen LogP contribution in [0.3, 0.4) is 0 Å². The number of allylic oxidation sites excluding steroid dienone is 2. The van der Waals surface area contributed by atoms with E-state index in [1.807, 2.05) is 0 Å². The highest BCUT2D eigenvalue weighted by Gasteiger charge is 2.59. The van der Waals surface area contributed by atoms with Crippen LogP contribution in [-0.4, -0.2) is 0 Å². The van der Waals surface area contributed by atoms with E-state index in [2.05, 4.69) is 39.8 Å². The number of rotatable bonds is 2. The van der Waals surface area contributed by atoms with Crippen molar-refractivity contribution in [3.63, 3.8) is 0 Å². The van der Waals surface area contributed by atoms with Crippen LogP contribution >= 0.6 is 0 Å². The van der Waals surface area contributed by atoms with Gasteiger partial charge in [0.1, 0.15) is 0 Å². The zero-order chi connectivity index (χ0) is 16.2. The van der Waals surface area contributed by atoms with E-state index in [1.54, 1.807) is 6.42 Å². The summed E-state index contributed by atoms with van der Waals surface area (Å²) in [7, 11) is 0. The Balaban J connectivity index is 1.62. The third-order valence-electron chi connectivity index (χ3n) is 9.56. The second-order valence-electron chi connectivity index (χ2n) is 10.1. The summed E-state index contributed by atoms with van der Waals surface area (Å²) < 4.78 is 0. The topological polar surface area (TPSA) is 0 Å². The number of hydrogen-bond acceptors (Lipinski definition) is 0. The van der Waals surface area contributed by atoms with Crippen LogP contribution in [0, 0.1) is 46.3 Å². The molecule has 0 aromatic rings. The first-order valence-corrected chi connectivity index (χ1v) is 10.7. The van der Waals surface area contributed by atoms with E-state index in [0.717, 1.165) is 35.5 Å². The molecule has 0 bridgehead atoms. The molecule has 0 amide bonds. The van der Waals surface area contributed by atoms with Gasteiger partial charge in [0.05, 0.1) is 0 Å². The fourth-order valence-corrected chi connectivity index (χ4v) is 8.09. The molecule has 1 unspecified atom stereocenters. The Morgan fingerprint density at radius 2 is 1.74 bits per heavy atom. The lowest BCUT2D eigenvalue weighted by Gasteiger charge is -2.60. The van der Waals surface area contributed by atoms with Gasteiger partial charge in [-0.1, -0.05) is 46.3 Å². The van der Waals surface area contributed by atoms with Crippen LogP contribution in [0.2, 0.25) is 0 Å². The molecule has 8 atom stereocenters. The number of hydrogen-bond donors (Lipinski definition) is 0. The van der Waals surface area contributed by atoms with Gasteiger partial charge < -0.3 is 0 Å². The highest BCUT2D eigenvalue weighted by Crippen LogP contribution is 2.67. The zero-order valence-electron chi connectivity index (χ0n) is 16.0. The minimum absolute atomic E-state index is 0.632. The maximum Gasteiger partial charge on any atom is -0.0177 e. The lowest BCUT2D eigenvalue weighted by Crippen LogP contribution is -2.52. The summed E-state index contributed by atoms with van der Waals surface area (Å²) in [6.07, 6.45) is 18.4. The van der Waals surface area contributed by atoms with Crippen LogP contribution in [-0.2, 0) is 0 Å². The molecule has 0 spiro atoms. The molecule has 0 nitrogen and oxygen atoms in total. The van der Waals surface area contributed by atoms with Crippen LogP contribution in [0.25, 0.3) is 0 Å². The molecule has 0 radical (unpaired) electrons. The highest BCUT2D eigenvalue weighted by atomic mass is 14.6. The lowest BCUT2D eigenvalue weighted by atomic mass is 9.45. The van der Waals surface area contributed by atoms with Gasteiger partial charge in [-0.15, -0.1) is 0 Å². The summed E-state index contributed by atoms with van der Waals surface area (Å²) in [5, 5.41) is 0. The molecule has 23 heavy (non-hydrogen) atoms. The predicted octanol–water partition coefficient (Wildman–Crippen LogP) is 6.86. The summed E-state index contributed by atoms with van der Waals surface area (Å²) >= 11 is 0. The monoisotopic (exact) mass is 314 g/mol. The first-order valence-electron chi connectivity index (χ1n) is 10.7. The van der Waals surface area contributed by atoms with Crippen molar-refractivity contribution < 1.29 is 0 Å². The molecule has 3 fully saturated rings. The third kappa shape index (κ3) is 2.22. The first-order chi connectivity index (χ1) is 11.0. The van der Waals surface area contributed by atoms with Gasteiger partial charge in [0.15, 0.2) is 0 Å². The Morgan fingerprint density at radius 1 is 0.957 bits per heavy atom. The van der Waals surface area contributed by atoms with Crippen molar-refractivity contribution in [1.29, 1.82) is 0 Å². The second-order valence-corrected chi connectivity index (χ2v) is 10.1. The summed E-state index contributed by atoms with van der Waals surface area (Å²) in [6.45, 7) is 10.3. The molecule has 4 aliphatic rings. The van der Waals surface area contributed by atoms with Gasteiger partial charge >= 0.3 is 0 Å². The Hall–Kier alpha value is -0.260. The van der Waals surface area contributed by atoms with E-state index in [0.29, 0.717) is 10.8 Å². The van der Waals surface area contributed by atoms with Gasteiger partial charge in [0.2, 0.25) is 0 Å². The highest BCUT2D eigenvalue weighted by molar-refractivity contribution is 5.13. The van der Waals surface area contributed by atoms with E-state index in [-0.39, 0.29) is 0 Å². The van der Waals surface area contributed by atoms with Gasteiger partial charge in [-0.05, 0) is 97.7 Å². The van der Waals surface area contributed by atoms with Crippen molar-refractivity contribution in [2.24, 2.45) is 46.3 Å². The minimum atomic E-state index is 0.632. The van der Waals surface area contributed by atoms with Crippen LogP contribution < -0.4 is 0 Å². The molecular weight excluding hydrogens is 276 g/mol. The largest absolute Gasteiger partial charge is 0.0882 e. The summed E-state index contributed by atoms with van der Waals surface area (Å²) in [5.74, 6) is 5.97. The van der Waals surface area contributed by atoms with Crippen molar-refractivity contribution in [2.75, 3.05) is 0 Å². The SMILES string of the molecule is CC[C@@H](C)[C@H]1CC[C@H]2[C@@H]3CCC4C=CCC[C@]4(C)[C@H]3CC[C@]12C. The first kappa shape index (κ1) is 16.2. The van der Waals surface area contributed by atoms with Gasteiger partial charge in [-0.3, -0.25) is 0 Å². The molecule has 0 heteroatoms. The van der Waals surface area contributed by atoms with Crippen LogP contribution in [0.15, 0.2) is 12.2 Å². The average Bonchev–Trinajstić information content (AvgIpc) is 2.91. The molecule has 0 N–H and O–H groups in total. The fourth-order valence-electron chi connectivity index (χ4n) is 8.09. The normalized spacial score (nSPS) is 53.3. The molecule has 4 aliphatic carbocycles. The third-order valence-corrected chi connectivity index (χ3v) is 9.56. The molecule has 0 aromatic carbocycles. The lowest BCUT2D eigenvalue weighted by molar-refractivity contribution is -0.0953. The van der Waals surface area contributed by atoms with Gasteiger partial charge in [-0.25, -0.2) is 0 Å². The van der Waals surface area contributed by atoms with Crippen molar-refractivity contribution in [2.45, 2.75) is 85.5 Å². The van der Waals surface area contributed by atoms with Crippen LogP contribution in [0.1, 0.15) is 85.5 Å². The van der Waals surface area contributed by atoms with E-state index >= 15 is 0 Å². The minimum Gasteiger partial charge on any atom is -0.0882 e. The Labute approximate surface area is 144 Å². The van der Waals surface area contributed by atoms with E-state index in [9.17, 15) is 0 Å². The van der Waals surface area contributed by atoms with Crippen LogP contribution in [0.5, 0.6) is 0 Å². The predicted molar refractivity (Wildman–Crippen MR) is 99.2 cm³/mol. The molecule has 0 heterocycles. The molecule has 3 saturated carbocycles. The van der Waals surface area contributed by atoms with Crippen LogP contribution in [0.4, 0.5) is 0 Å². The van der Waals surface area contributed by atoms with Gasteiger partial charge in [-0.2, -0.15) is 0 Å².